The number of unbranched alkanes of at least 4 members (excludes halogenated alkanes) is 12. The number of fused-ring (bicyclic) bond motifs is 3. The quantitative estimate of drug-likeness (QED) is 0.307. The van der Waals surface area contributed by atoms with Gasteiger partial charge in [-0.2, -0.15) is 0 Å². The van der Waals surface area contributed by atoms with Crippen LogP contribution in [0.25, 0.3) is 0 Å². The fourth-order valence-corrected chi connectivity index (χ4v) is 4.94. The Hall–Kier alpha value is 0.440. The largest absolute Gasteiger partial charge is 1.00 e. The second-order valence-electron chi connectivity index (χ2n) is 8.71. The van der Waals surface area contributed by atoms with Gasteiger partial charge >= 0.3 is 0 Å². The van der Waals surface area contributed by atoms with E-state index in [1.54, 1.807) is 19.3 Å². The van der Waals surface area contributed by atoms with Crippen LogP contribution in [0.1, 0.15) is 110 Å². The molecule has 1 nitrogen and oxygen atoms in total. The van der Waals surface area contributed by atoms with Gasteiger partial charge in [-0.05, 0) is 38.0 Å². The highest BCUT2D eigenvalue weighted by molar-refractivity contribution is 4.71. The van der Waals surface area contributed by atoms with Gasteiger partial charge in [0.25, 0.3) is 0 Å². The predicted octanol–water partition coefficient (Wildman–Crippen LogP) is 3.71. The minimum atomic E-state index is 0. The van der Waals surface area contributed by atoms with E-state index < -0.39 is 0 Å². The van der Waals surface area contributed by atoms with Gasteiger partial charge in [0, 0.05) is 0 Å². The van der Waals surface area contributed by atoms with Crippen molar-refractivity contribution in [3.8, 4) is 0 Å². The van der Waals surface area contributed by atoms with Crippen molar-refractivity contribution in [3.05, 3.63) is 0 Å². The second kappa shape index (κ2) is 13.6. The van der Waals surface area contributed by atoms with E-state index in [-0.39, 0.29) is 17.0 Å². The highest BCUT2D eigenvalue weighted by atomic mass is 79.9. The third-order valence-electron chi connectivity index (χ3n) is 6.77. The Kier molecular flexibility index (Phi) is 12.8. The molecule has 0 N–H and O–H groups in total. The number of halogens is 1. The Bertz CT molecular complexity index is 270. The van der Waals surface area contributed by atoms with Gasteiger partial charge < -0.3 is 21.5 Å². The minimum absolute atomic E-state index is 0. The van der Waals surface area contributed by atoms with Crippen LogP contribution in [0, 0.1) is 5.92 Å². The van der Waals surface area contributed by atoms with Crippen LogP contribution in [-0.4, -0.2) is 30.7 Å². The van der Waals surface area contributed by atoms with Crippen molar-refractivity contribution in [2.24, 2.45) is 5.92 Å². The summed E-state index contributed by atoms with van der Waals surface area (Å²) in [7, 11) is 0. The van der Waals surface area contributed by atoms with E-state index in [1.165, 1.54) is 114 Å². The van der Waals surface area contributed by atoms with Crippen molar-refractivity contribution < 1.29 is 21.5 Å². The van der Waals surface area contributed by atoms with E-state index in [2.05, 4.69) is 6.92 Å². The number of hydrogen-bond acceptors (Lipinski definition) is 0. The summed E-state index contributed by atoms with van der Waals surface area (Å²) in [6, 6.07) is 0. The monoisotopic (exact) mass is 401 g/mol. The van der Waals surface area contributed by atoms with Crippen LogP contribution < -0.4 is 17.0 Å². The van der Waals surface area contributed by atoms with Gasteiger partial charge in [-0.3, -0.25) is 0 Å². The Morgan fingerprint density at radius 3 is 1.38 bits per heavy atom. The normalized spacial score (nSPS) is 25.6. The maximum absolute atomic E-state index is 2.30. The van der Waals surface area contributed by atoms with Crippen molar-refractivity contribution in [2.45, 2.75) is 110 Å². The SMILES string of the molecule is CCCCCCCCCCCCCCC[N+]12CCC(CC1)CC2.[Br-]. The molecule has 0 saturated carbocycles. The standard InChI is InChI=1S/C22H44N.BrH/c1-2-3-4-5-6-7-8-9-10-11-12-13-14-18-23-19-15-22(16-20-23)17-21-23;/h22H,2-21H2,1H3;1H/q+1;/p-1. The van der Waals surface area contributed by atoms with Crippen molar-refractivity contribution in [1.29, 1.82) is 0 Å². The number of hydrogen-bond donors (Lipinski definition) is 0. The van der Waals surface area contributed by atoms with Crippen molar-refractivity contribution in [1.82, 2.24) is 0 Å². The lowest BCUT2D eigenvalue weighted by Gasteiger charge is -2.49. The summed E-state index contributed by atoms with van der Waals surface area (Å²) in [5, 5.41) is 0. The minimum Gasteiger partial charge on any atom is -1.00 e. The molecule has 3 rings (SSSR count). The van der Waals surface area contributed by atoms with E-state index in [0.717, 1.165) is 5.92 Å². The van der Waals surface area contributed by atoms with Crippen LogP contribution in [0.15, 0.2) is 0 Å². The molecule has 24 heavy (non-hydrogen) atoms. The Labute approximate surface area is 163 Å². The summed E-state index contributed by atoms with van der Waals surface area (Å²) in [6.45, 7) is 8.36. The molecule has 0 radical (unpaired) electrons. The highest BCUT2D eigenvalue weighted by Gasteiger charge is 2.38. The van der Waals surface area contributed by atoms with Gasteiger partial charge in [0.2, 0.25) is 0 Å². The summed E-state index contributed by atoms with van der Waals surface area (Å²) in [5.41, 5.74) is 0. The molecule has 144 valence electrons. The molecule has 0 aromatic carbocycles. The number of quaternary nitrogens is 1. The lowest BCUT2D eigenvalue weighted by molar-refractivity contribution is -0.942. The number of nitrogens with zero attached hydrogens (tertiary/aromatic N) is 1. The molecule has 0 atom stereocenters. The molecule has 3 saturated heterocycles. The second-order valence-corrected chi connectivity index (χ2v) is 8.71. The van der Waals surface area contributed by atoms with Crippen molar-refractivity contribution >= 4 is 0 Å². The molecule has 0 spiro atoms. The lowest BCUT2D eigenvalue weighted by Crippen LogP contribution is -3.00. The van der Waals surface area contributed by atoms with Crippen LogP contribution >= 0.6 is 0 Å². The van der Waals surface area contributed by atoms with Crippen molar-refractivity contribution in [2.75, 3.05) is 26.2 Å². The first-order chi connectivity index (χ1) is 11.3. The number of rotatable bonds is 14. The van der Waals surface area contributed by atoms with E-state index in [1.807, 2.05) is 0 Å². The fraction of sp³-hybridized carbons (Fsp3) is 1.00. The first-order valence-electron chi connectivity index (χ1n) is 11.2. The summed E-state index contributed by atoms with van der Waals surface area (Å²) in [5.74, 6) is 1.11. The molecule has 0 aromatic heterocycles. The van der Waals surface area contributed by atoms with E-state index in [4.69, 9.17) is 0 Å². The molecule has 3 heterocycles. The van der Waals surface area contributed by atoms with Crippen LogP contribution in [0.3, 0.4) is 0 Å². The molecule has 0 aromatic rings. The third-order valence-corrected chi connectivity index (χ3v) is 6.77. The maximum Gasteiger partial charge on any atom is 0.0789 e. The van der Waals surface area contributed by atoms with Gasteiger partial charge in [0.1, 0.15) is 0 Å². The van der Waals surface area contributed by atoms with E-state index >= 15 is 0 Å². The van der Waals surface area contributed by atoms with Gasteiger partial charge in [-0.25, -0.2) is 0 Å². The summed E-state index contributed by atoms with van der Waals surface area (Å²) < 4.78 is 1.51. The molecular weight excluding hydrogens is 358 g/mol. The van der Waals surface area contributed by atoms with Gasteiger partial charge in [-0.1, -0.05) is 77.6 Å². The van der Waals surface area contributed by atoms with Crippen LogP contribution in [0.5, 0.6) is 0 Å². The molecule has 3 aliphatic heterocycles. The molecular formula is C22H44BrN. The Morgan fingerprint density at radius 1 is 0.583 bits per heavy atom. The predicted molar refractivity (Wildman–Crippen MR) is 103 cm³/mol. The molecule has 0 aliphatic carbocycles. The fourth-order valence-electron chi connectivity index (χ4n) is 4.94. The summed E-state index contributed by atoms with van der Waals surface area (Å²) in [4.78, 5) is 0. The van der Waals surface area contributed by atoms with Gasteiger partial charge in [-0.15, -0.1) is 0 Å². The maximum atomic E-state index is 2.30. The zero-order valence-electron chi connectivity index (χ0n) is 16.5. The Morgan fingerprint density at radius 2 is 0.958 bits per heavy atom. The summed E-state index contributed by atoms with van der Waals surface area (Å²) in [6.07, 6.45) is 23.9. The van der Waals surface area contributed by atoms with Crippen LogP contribution in [-0.2, 0) is 0 Å². The first-order valence-corrected chi connectivity index (χ1v) is 11.2. The molecule has 0 amide bonds. The molecule has 3 aliphatic rings. The van der Waals surface area contributed by atoms with Crippen LogP contribution in [0.4, 0.5) is 0 Å². The first kappa shape index (κ1) is 22.5. The van der Waals surface area contributed by atoms with Gasteiger partial charge in [0.15, 0.2) is 0 Å². The number of piperidine rings is 3. The van der Waals surface area contributed by atoms with Crippen LogP contribution in [0.2, 0.25) is 0 Å². The summed E-state index contributed by atoms with van der Waals surface area (Å²) >= 11 is 0. The topological polar surface area (TPSA) is 0 Å². The molecule has 0 unspecified atom stereocenters. The smallest absolute Gasteiger partial charge is 0.0789 e. The molecule has 2 heteroatoms. The zero-order valence-corrected chi connectivity index (χ0v) is 18.1. The average molecular weight is 403 g/mol. The third kappa shape index (κ3) is 8.70. The average Bonchev–Trinajstić information content (AvgIpc) is 2.60. The van der Waals surface area contributed by atoms with Gasteiger partial charge in [0.05, 0.1) is 26.2 Å². The van der Waals surface area contributed by atoms with E-state index in [0.29, 0.717) is 0 Å². The molecule has 3 fully saturated rings. The highest BCUT2D eigenvalue weighted by Crippen LogP contribution is 2.33. The van der Waals surface area contributed by atoms with E-state index in [9.17, 15) is 0 Å². The molecule has 2 bridgehead atoms. The van der Waals surface area contributed by atoms with Crippen molar-refractivity contribution in [3.63, 3.8) is 0 Å². The Balaban J connectivity index is 0.00000288. The lowest BCUT2D eigenvalue weighted by atomic mass is 9.85. The zero-order chi connectivity index (χ0) is 16.2.